The lowest BCUT2D eigenvalue weighted by Gasteiger charge is -2.13. The van der Waals surface area contributed by atoms with Crippen molar-refractivity contribution in [2.45, 2.75) is 13.0 Å². The van der Waals surface area contributed by atoms with Crippen LogP contribution < -0.4 is 10.2 Å². The fourth-order valence-electron chi connectivity index (χ4n) is 2.13. The van der Waals surface area contributed by atoms with Crippen molar-refractivity contribution in [3.05, 3.63) is 59.7 Å². The van der Waals surface area contributed by atoms with Crippen molar-refractivity contribution in [3.8, 4) is 11.5 Å². The highest BCUT2D eigenvalue weighted by Gasteiger charge is 2.19. The number of amides is 1. The number of nitrogens with one attached hydrogen (secondary N) is 1. The van der Waals surface area contributed by atoms with E-state index in [-0.39, 0.29) is 11.7 Å². The van der Waals surface area contributed by atoms with E-state index in [1.54, 1.807) is 12.1 Å². The zero-order valence-corrected chi connectivity index (χ0v) is 13.6. The highest BCUT2D eigenvalue weighted by atomic mass is 16.5. The minimum absolute atomic E-state index is 0.0570. The number of phenols is 1. The van der Waals surface area contributed by atoms with Crippen LogP contribution in [0.2, 0.25) is 0 Å². The van der Waals surface area contributed by atoms with Gasteiger partial charge in [0.15, 0.2) is 17.6 Å². The van der Waals surface area contributed by atoms with Gasteiger partial charge in [-0.2, -0.15) is 5.10 Å². The summed E-state index contributed by atoms with van der Waals surface area (Å²) in [5, 5.41) is 13.6. The zero-order chi connectivity index (χ0) is 17.4. The molecule has 1 amide bonds. The van der Waals surface area contributed by atoms with Gasteiger partial charge in [-0.05, 0) is 36.2 Å². The molecule has 0 unspecified atom stereocenters. The van der Waals surface area contributed by atoms with Crippen molar-refractivity contribution in [2.24, 2.45) is 5.10 Å². The molecular weight excluding hydrogens is 308 g/mol. The molecule has 0 aliphatic carbocycles. The van der Waals surface area contributed by atoms with Gasteiger partial charge >= 0.3 is 0 Å². The van der Waals surface area contributed by atoms with Gasteiger partial charge in [0.25, 0.3) is 5.91 Å². The molecular formula is C18H20N2O4. The third-order valence-corrected chi connectivity index (χ3v) is 3.25. The molecule has 2 N–H and O–H groups in total. The van der Waals surface area contributed by atoms with Gasteiger partial charge < -0.3 is 14.6 Å². The number of hydrogen-bond acceptors (Lipinski definition) is 5. The van der Waals surface area contributed by atoms with Crippen LogP contribution in [-0.4, -0.2) is 30.9 Å². The highest BCUT2D eigenvalue weighted by molar-refractivity contribution is 5.85. The Labute approximate surface area is 140 Å². The Balaban J connectivity index is 2.02. The Bertz CT molecular complexity index is 701. The van der Waals surface area contributed by atoms with E-state index in [4.69, 9.17) is 9.47 Å². The monoisotopic (exact) mass is 328 g/mol. The smallest absolute Gasteiger partial charge is 0.273 e. The molecule has 2 aromatic rings. The number of carbonyl (C=O) groups is 1. The topological polar surface area (TPSA) is 80.2 Å². The van der Waals surface area contributed by atoms with Crippen LogP contribution in [0.5, 0.6) is 11.5 Å². The summed E-state index contributed by atoms with van der Waals surface area (Å²) in [6, 6.07) is 14.0. The van der Waals surface area contributed by atoms with Gasteiger partial charge in [0.2, 0.25) is 0 Å². The van der Waals surface area contributed by atoms with Gasteiger partial charge in [0.1, 0.15) is 0 Å². The predicted molar refractivity (Wildman–Crippen MR) is 91.2 cm³/mol. The third-order valence-electron chi connectivity index (χ3n) is 3.25. The first-order valence-corrected chi connectivity index (χ1v) is 7.52. The number of phenolic OH excluding ortho intramolecular Hbond substituents is 1. The molecule has 1 atom stereocenters. The van der Waals surface area contributed by atoms with Crippen LogP contribution in [-0.2, 0) is 9.53 Å². The molecule has 2 rings (SSSR count). The minimum atomic E-state index is -0.734. The summed E-state index contributed by atoms with van der Waals surface area (Å²) < 4.78 is 10.5. The second kappa shape index (κ2) is 8.69. The first-order chi connectivity index (χ1) is 11.7. The van der Waals surface area contributed by atoms with Crippen molar-refractivity contribution < 1.29 is 19.4 Å². The third kappa shape index (κ3) is 4.57. The quantitative estimate of drug-likeness (QED) is 0.605. The lowest BCUT2D eigenvalue weighted by atomic mass is 10.1. The molecule has 6 heteroatoms. The predicted octanol–water partition coefficient (Wildman–Crippen LogP) is 2.63. The van der Waals surface area contributed by atoms with Crippen molar-refractivity contribution in [1.82, 2.24) is 5.43 Å². The molecule has 2 aromatic carbocycles. The molecule has 0 aliphatic heterocycles. The summed E-state index contributed by atoms with van der Waals surface area (Å²) in [5.74, 6) is 0.0529. The lowest BCUT2D eigenvalue weighted by Crippen LogP contribution is -2.26. The Hall–Kier alpha value is -2.86. The summed E-state index contributed by atoms with van der Waals surface area (Å²) in [5.41, 5.74) is 3.88. The van der Waals surface area contributed by atoms with Gasteiger partial charge in [0.05, 0.1) is 12.8 Å². The fraction of sp³-hybridized carbons (Fsp3) is 0.222. The Kier molecular flexibility index (Phi) is 6.33. The number of hydrogen-bond donors (Lipinski definition) is 2. The Morgan fingerprint density at radius 2 is 2.04 bits per heavy atom. The van der Waals surface area contributed by atoms with Crippen molar-refractivity contribution in [2.75, 3.05) is 13.7 Å². The number of nitrogens with zero attached hydrogens (tertiary/aromatic N) is 1. The van der Waals surface area contributed by atoms with Gasteiger partial charge in [-0.3, -0.25) is 4.79 Å². The molecule has 126 valence electrons. The number of methoxy groups -OCH3 is 1. The van der Waals surface area contributed by atoms with E-state index in [0.717, 1.165) is 5.56 Å². The highest BCUT2D eigenvalue weighted by Crippen LogP contribution is 2.26. The number of ether oxygens (including phenoxy) is 2. The largest absolute Gasteiger partial charge is 0.504 e. The Morgan fingerprint density at radius 3 is 2.71 bits per heavy atom. The standard InChI is InChI=1S/C18H20N2O4/c1-3-24-16-11-13(9-10-15(16)21)12-19-20-18(22)17(23-2)14-7-5-4-6-8-14/h4-12,17,21H,3H2,1-2H3,(H,20,22)/b19-12-/t17-/m0/s1. The van der Waals surface area contributed by atoms with Crippen LogP contribution in [0.15, 0.2) is 53.6 Å². The molecule has 24 heavy (non-hydrogen) atoms. The number of rotatable bonds is 7. The summed E-state index contributed by atoms with van der Waals surface area (Å²) in [6.45, 7) is 2.27. The maximum absolute atomic E-state index is 12.2. The normalized spacial score (nSPS) is 12.1. The average Bonchev–Trinajstić information content (AvgIpc) is 2.59. The van der Waals surface area contributed by atoms with Gasteiger partial charge in [-0.1, -0.05) is 30.3 Å². The van der Waals surface area contributed by atoms with Crippen molar-refractivity contribution in [3.63, 3.8) is 0 Å². The molecule has 0 aliphatic rings. The summed E-state index contributed by atoms with van der Waals surface area (Å²) in [7, 11) is 1.47. The molecule has 0 saturated heterocycles. The van der Waals surface area contributed by atoms with E-state index in [1.165, 1.54) is 19.4 Å². The molecule has 6 nitrogen and oxygen atoms in total. The first-order valence-electron chi connectivity index (χ1n) is 7.52. The molecule has 0 radical (unpaired) electrons. The van der Waals surface area contributed by atoms with Crippen LogP contribution in [0.4, 0.5) is 0 Å². The van der Waals surface area contributed by atoms with Gasteiger partial charge in [0, 0.05) is 7.11 Å². The average molecular weight is 328 g/mol. The summed E-state index contributed by atoms with van der Waals surface area (Å²) >= 11 is 0. The van der Waals surface area contributed by atoms with E-state index in [2.05, 4.69) is 10.5 Å². The van der Waals surface area contributed by atoms with E-state index in [0.29, 0.717) is 17.9 Å². The minimum Gasteiger partial charge on any atom is -0.504 e. The zero-order valence-electron chi connectivity index (χ0n) is 13.6. The molecule has 0 spiro atoms. The lowest BCUT2D eigenvalue weighted by molar-refractivity contribution is -0.131. The van der Waals surface area contributed by atoms with Crippen LogP contribution in [0.25, 0.3) is 0 Å². The van der Waals surface area contributed by atoms with Crippen LogP contribution in [0.1, 0.15) is 24.2 Å². The molecule has 0 aromatic heterocycles. The Morgan fingerprint density at radius 1 is 1.29 bits per heavy atom. The van der Waals surface area contributed by atoms with Crippen molar-refractivity contribution in [1.29, 1.82) is 0 Å². The summed E-state index contributed by atoms with van der Waals surface area (Å²) in [6.07, 6.45) is 0.736. The van der Waals surface area contributed by atoms with E-state index in [9.17, 15) is 9.90 Å². The first kappa shape index (κ1) is 17.5. The molecule has 0 heterocycles. The maximum atomic E-state index is 12.2. The van der Waals surface area contributed by atoms with Crippen molar-refractivity contribution >= 4 is 12.1 Å². The molecule has 0 saturated carbocycles. The SMILES string of the molecule is CCOc1cc(/C=N\NC(=O)[C@@H](OC)c2ccccc2)ccc1O. The van der Waals surface area contributed by atoms with Gasteiger partial charge in [-0.25, -0.2) is 5.43 Å². The van der Waals surface area contributed by atoms with Gasteiger partial charge in [-0.15, -0.1) is 0 Å². The van der Waals surface area contributed by atoms with Crippen LogP contribution in [0, 0.1) is 0 Å². The van der Waals surface area contributed by atoms with E-state index < -0.39 is 6.10 Å². The van der Waals surface area contributed by atoms with Crippen LogP contribution >= 0.6 is 0 Å². The summed E-state index contributed by atoms with van der Waals surface area (Å²) in [4.78, 5) is 12.2. The second-order valence-corrected chi connectivity index (χ2v) is 4.92. The molecule has 0 fully saturated rings. The maximum Gasteiger partial charge on any atom is 0.273 e. The number of carbonyl (C=O) groups excluding carboxylic acids is 1. The number of aromatic hydroxyl groups is 1. The van der Waals surface area contributed by atoms with E-state index in [1.807, 2.05) is 37.3 Å². The second-order valence-electron chi connectivity index (χ2n) is 4.92. The number of benzene rings is 2. The number of hydrazone groups is 1. The fourth-order valence-corrected chi connectivity index (χ4v) is 2.13. The van der Waals surface area contributed by atoms with Crippen LogP contribution in [0.3, 0.4) is 0 Å². The van der Waals surface area contributed by atoms with E-state index >= 15 is 0 Å². The molecule has 0 bridgehead atoms.